The van der Waals surface area contributed by atoms with E-state index in [-0.39, 0.29) is 3.66 Å². The molecule has 2 nitrogen and oxygen atoms in total. The zero-order valence-corrected chi connectivity index (χ0v) is 7.67. The van der Waals surface area contributed by atoms with Crippen LogP contribution >= 0.6 is 0 Å². The predicted octanol–water partition coefficient (Wildman–Crippen LogP) is 0.346. The van der Waals surface area contributed by atoms with Gasteiger partial charge in [-0.15, -0.1) is 0 Å². The second-order valence-electron chi connectivity index (χ2n) is 1.70. The fourth-order valence-corrected chi connectivity index (χ4v) is 4.17. The number of carbonyl (C=O) groups is 1. The van der Waals surface area contributed by atoms with Crippen molar-refractivity contribution in [2.45, 2.75) is 0 Å². The van der Waals surface area contributed by atoms with Crippen molar-refractivity contribution in [3.8, 4) is 0 Å². The SMILES string of the molecule is N[C](=O)[In]1[CH]=CC=[CH]1. The van der Waals surface area contributed by atoms with Crippen LogP contribution in [0.1, 0.15) is 0 Å². The van der Waals surface area contributed by atoms with Crippen LogP contribution < -0.4 is 5.73 Å². The van der Waals surface area contributed by atoms with E-state index in [9.17, 15) is 4.79 Å². The van der Waals surface area contributed by atoms with Gasteiger partial charge in [0, 0.05) is 0 Å². The third-order valence-electron chi connectivity index (χ3n) is 1.08. The number of hydrogen-bond donors (Lipinski definition) is 1. The molecule has 0 unspecified atom stereocenters. The molecule has 0 aromatic carbocycles. The summed E-state index contributed by atoms with van der Waals surface area (Å²) in [7, 11) is 0. The Morgan fingerprint density at radius 2 is 1.88 bits per heavy atom. The Hall–Kier alpha value is -0.180. The Bertz CT molecular complexity index is 150. The average Bonchev–Trinajstić information content (AvgIpc) is 2.12. The molecule has 0 saturated carbocycles. The van der Waals surface area contributed by atoms with Gasteiger partial charge in [-0.2, -0.15) is 0 Å². The van der Waals surface area contributed by atoms with Crippen LogP contribution in [0.3, 0.4) is 0 Å². The van der Waals surface area contributed by atoms with E-state index < -0.39 is 21.4 Å². The molecule has 0 aromatic heterocycles. The molecule has 1 rings (SSSR count). The number of primary amides is 1. The molecule has 1 aliphatic rings. The number of allylic oxidation sites excluding steroid dienone is 2. The summed E-state index contributed by atoms with van der Waals surface area (Å²) in [5.74, 6) is 0. The summed E-state index contributed by atoms with van der Waals surface area (Å²) in [6.07, 6.45) is 3.82. The van der Waals surface area contributed by atoms with Crippen LogP contribution in [0.15, 0.2) is 19.8 Å². The summed E-state index contributed by atoms with van der Waals surface area (Å²) >= 11 is -2.00. The van der Waals surface area contributed by atoms with Crippen molar-refractivity contribution in [2.24, 2.45) is 5.73 Å². The third kappa shape index (κ3) is 1.16. The zero-order chi connectivity index (χ0) is 5.98. The molecular formula is C5H6InNO. The van der Waals surface area contributed by atoms with Crippen LogP contribution in [0.4, 0.5) is 4.79 Å². The number of rotatable bonds is 1. The quantitative estimate of drug-likeness (QED) is 0.667. The normalized spacial score (nSPS) is 15.2. The molecule has 1 aliphatic heterocycles. The number of hydrogen-bond acceptors (Lipinski definition) is 1. The summed E-state index contributed by atoms with van der Waals surface area (Å²) in [4.78, 5) is 10.4. The van der Waals surface area contributed by atoms with Crippen molar-refractivity contribution in [1.29, 1.82) is 0 Å². The van der Waals surface area contributed by atoms with Crippen LogP contribution in [-0.2, 0) is 0 Å². The molecule has 2 N–H and O–H groups in total. The van der Waals surface area contributed by atoms with E-state index in [1.165, 1.54) is 0 Å². The van der Waals surface area contributed by atoms with E-state index in [4.69, 9.17) is 5.73 Å². The third-order valence-corrected chi connectivity index (χ3v) is 6.59. The van der Waals surface area contributed by atoms with Crippen LogP contribution in [0.25, 0.3) is 0 Å². The van der Waals surface area contributed by atoms with Crippen molar-refractivity contribution in [1.82, 2.24) is 0 Å². The van der Waals surface area contributed by atoms with Gasteiger partial charge in [-0.05, 0) is 0 Å². The summed E-state index contributed by atoms with van der Waals surface area (Å²) in [5.41, 5.74) is 5.05. The molecule has 1 heterocycles. The number of carbonyl (C=O) groups excluding carboxylic acids is 1. The molecule has 0 fully saturated rings. The molecule has 8 heavy (non-hydrogen) atoms. The van der Waals surface area contributed by atoms with Crippen LogP contribution in [-0.4, -0.2) is 25.1 Å². The van der Waals surface area contributed by atoms with Gasteiger partial charge in [0.25, 0.3) is 0 Å². The first-order chi connectivity index (χ1) is 3.80. The van der Waals surface area contributed by atoms with Gasteiger partial charge in [-0.3, -0.25) is 0 Å². The Morgan fingerprint density at radius 1 is 1.38 bits per heavy atom. The Morgan fingerprint density at radius 3 is 2.12 bits per heavy atom. The molecule has 0 aromatic rings. The molecule has 0 radical (unpaired) electrons. The second kappa shape index (κ2) is 2.40. The first kappa shape index (κ1) is 5.95. The molecular weight excluding hydrogens is 205 g/mol. The van der Waals surface area contributed by atoms with Gasteiger partial charge >= 0.3 is 55.4 Å². The molecule has 3 heteroatoms. The van der Waals surface area contributed by atoms with E-state index >= 15 is 0 Å². The molecule has 0 atom stereocenters. The maximum absolute atomic E-state index is 10.4. The standard InChI is InChI=1S/C4H4.CH2NO.In/c1-3-4-2;2-1-3;/h1-4H;(H2,2,3);. The molecule has 0 spiro atoms. The fourth-order valence-electron chi connectivity index (χ4n) is 0.622. The second-order valence-corrected chi connectivity index (χ2v) is 8.52. The summed E-state index contributed by atoms with van der Waals surface area (Å²) in [6, 6.07) is 0. The number of amides is 1. The first-order valence-corrected chi connectivity index (χ1v) is 7.90. The van der Waals surface area contributed by atoms with Crippen molar-refractivity contribution in [2.75, 3.05) is 0 Å². The predicted molar refractivity (Wildman–Crippen MR) is 33.6 cm³/mol. The van der Waals surface area contributed by atoms with Crippen LogP contribution in [0.5, 0.6) is 0 Å². The molecule has 0 aliphatic carbocycles. The summed E-state index contributed by atoms with van der Waals surface area (Å²) in [5, 5.41) is 0. The van der Waals surface area contributed by atoms with Crippen LogP contribution in [0, 0.1) is 0 Å². The van der Waals surface area contributed by atoms with Crippen molar-refractivity contribution in [3.63, 3.8) is 0 Å². The van der Waals surface area contributed by atoms with Gasteiger partial charge in [0.2, 0.25) is 0 Å². The first-order valence-electron chi connectivity index (χ1n) is 2.45. The topological polar surface area (TPSA) is 43.1 Å². The molecule has 40 valence electrons. The van der Waals surface area contributed by atoms with Crippen molar-refractivity contribution >= 4 is 25.1 Å². The average molecular weight is 211 g/mol. The van der Waals surface area contributed by atoms with E-state index in [1.807, 2.05) is 19.8 Å². The Labute approximate surface area is 55.6 Å². The molecule has 0 saturated heterocycles. The van der Waals surface area contributed by atoms with E-state index in [0.29, 0.717) is 0 Å². The zero-order valence-electron chi connectivity index (χ0n) is 4.37. The van der Waals surface area contributed by atoms with E-state index in [2.05, 4.69) is 0 Å². The van der Waals surface area contributed by atoms with Gasteiger partial charge in [-0.1, -0.05) is 0 Å². The minimum absolute atomic E-state index is 0.0724. The van der Waals surface area contributed by atoms with Gasteiger partial charge in [-0.25, -0.2) is 0 Å². The number of nitrogens with two attached hydrogens (primary N) is 1. The van der Waals surface area contributed by atoms with E-state index in [0.717, 1.165) is 0 Å². The Balaban J connectivity index is 2.62. The van der Waals surface area contributed by atoms with Crippen molar-refractivity contribution in [3.05, 3.63) is 19.8 Å². The van der Waals surface area contributed by atoms with Crippen molar-refractivity contribution < 1.29 is 4.79 Å². The molecule has 1 amide bonds. The minimum atomic E-state index is -2.00. The fraction of sp³-hybridized carbons (Fsp3) is 0. The molecule has 0 bridgehead atoms. The van der Waals surface area contributed by atoms with E-state index in [1.54, 1.807) is 0 Å². The van der Waals surface area contributed by atoms with Crippen LogP contribution in [0.2, 0.25) is 0 Å². The van der Waals surface area contributed by atoms with Gasteiger partial charge in [0.05, 0.1) is 0 Å². The van der Waals surface area contributed by atoms with Gasteiger partial charge in [0.1, 0.15) is 0 Å². The summed E-state index contributed by atoms with van der Waals surface area (Å²) < 4.78 is 3.88. The Kier molecular flexibility index (Phi) is 1.78. The van der Waals surface area contributed by atoms with Gasteiger partial charge < -0.3 is 0 Å². The maximum atomic E-state index is 10.4. The monoisotopic (exact) mass is 211 g/mol. The van der Waals surface area contributed by atoms with Gasteiger partial charge in [0.15, 0.2) is 0 Å². The summed E-state index contributed by atoms with van der Waals surface area (Å²) in [6.45, 7) is 0.